The van der Waals surface area contributed by atoms with Gasteiger partial charge in [-0.25, -0.2) is 9.78 Å². The highest BCUT2D eigenvalue weighted by Crippen LogP contribution is 2.28. The molecule has 0 saturated heterocycles. The maximum atomic E-state index is 12.0. The molecule has 1 aromatic carbocycles. The zero-order valence-corrected chi connectivity index (χ0v) is 12.0. The van der Waals surface area contributed by atoms with Crippen molar-refractivity contribution < 1.29 is 13.9 Å². The second-order valence-corrected chi connectivity index (χ2v) is 5.14. The third-order valence-corrected chi connectivity index (χ3v) is 3.59. The van der Waals surface area contributed by atoms with Crippen molar-refractivity contribution in [2.24, 2.45) is 0 Å². The van der Waals surface area contributed by atoms with Crippen LogP contribution in [0.5, 0.6) is 0 Å². The molecule has 0 fully saturated rings. The summed E-state index contributed by atoms with van der Waals surface area (Å²) in [5, 5.41) is 0. The van der Waals surface area contributed by atoms with Crippen LogP contribution in [0.4, 0.5) is 4.79 Å². The van der Waals surface area contributed by atoms with Gasteiger partial charge in [-0.05, 0) is 29.7 Å². The van der Waals surface area contributed by atoms with Gasteiger partial charge >= 0.3 is 6.09 Å². The molecule has 0 aliphatic carbocycles. The predicted molar refractivity (Wildman–Crippen MR) is 77.4 cm³/mol. The van der Waals surface area contributed by atoms with Crippen LogP contribution in [0.15, 0.2) is 35.1 Å². The molecule has 2 heterocycles. The maximum absolute atomic E-state index is 12.0. The minimum absolute atomic E-state index is 0.239. The molecule has 1 amide bonds. The number of carbonyl (C=O) groups excluding carboxylic acids is 1. The number of aromatic nitrogens is 1. The van der Waals surface area contributed by atoms with Gasteiger partial charge in [0.2, 0.25) is 5.89 Å². The molecule has 0 unspecified atom stereocenters. The molecule has 5 nitrogen and oxygen atoms in total. The molecule has 5 heteroatoms. The third-order valence-electron chi connectivity index (χ3n) is 3.59. The number of benzene rings is 1. The van der Waals surface area contributed by atoms with Crippen LogP contribution in [-0.2, 0) is 17.8 Å². The van der Waals surface area contributed by atoms with E-state index in [4.69, 9.17) is 9.15 Å². The van der Waals surface area contributed by atoms with Gasteiger partial charge in [0.25, 0.3) is 0 Å². The quantitative estimate of drug-likeness (QED) is 0.806. The second-order valence-electron chi connectivity index (χ2n) is 5.14. The lowest BCUT2D eigenvalue weighted by Crippen LogP contribution is -2.26. The average Bonchev–Trinajstić information content (AvgIpc) is 3.15. The molecule has 0 N–H and O–H groups in total. The lowest BCUT2D eigenvalue weighted by Gasteiger charge is -2.14. The monoisotopic (exact) mass is 286 g/mol. The first kappa shape index (κ1) is 13.7. The van der Waals surface area contributed by atoms with Crippen molar-refractivity contribution in [2.75, 3.05) is 6.61 Å². The van der Waals surface area contributed by atoms with Crippen molar-refractivity contribution in [1.82, 2.24) is 9.88 Å². The van der Waals surface area contributed by atoms with Gasteiger partial charge in [0, 0.05) is 18.7 Å². The number of rotatable bonds is 4. The minimum Gasteiger partial charge on any atom is -0.449 e. The number of fused-ring (bicyclic) bond motifs is 1. The highest BCUT2D eigenvalue weighted by Gasteiger charge is 2.25. The Labute approximate surface area is 123 Å². The van der Waals surface area contributed by atoms with E-state index in [-0.39, 0.29) is 6.09 Å². The van der Waals surface area contributed by atoms with E-state index < -0.39 is 0 Å². The average molecular weight is 286 g/mol. The van der Waals surface area contributed by atoms with Crippen LogP contribution in [0.3, 0.4) is 0 Å². The molecule has 1 aromatic heterocycles. The van der Waals surface area contributed by atoms with Gasteiger partial charge in [0.05, 0.1) is 12.8 Å². The van der Waals surface area contributed by atoms with Gasteiger partial charge in [-0.3, -0.25) is 4.90 Å². The van der Waals surface area contributed by atoms with Crippen LogP contribution in [0.25, 0.3) is 11.5 Å². The van der Waals surface area contributed by atoms with Crippen molar-refractivity contribution in [3.8, 4) is 11.5 Å². The molecule has 1 aliphatic rings. The number of oxazole rings is 1. The first-order valence-electron chi connectivity index (χ1n) is 7.21. The van der Waals surface area contributed by atoms with Crippen LogP contribution < -0.4 is 0 Å². The molecule has 0 atom stereocenters. The van der Waals surface area contributed by atoms with Crippen molar-refractivity contribution >= 4 is 6.09 Å². The Balaban J connectivity index is 1.68. The summed E-state index contributed by atoms with van der Waals surface area (Å²) in [4.78, 5) is 17.8. The summed E-state index contributed by atoms with van der Waals surface area (Å²) in [6.45, 7) is 3.74. The van der Waals surface area contributed by atoms with Crippen molar-refractivity contribution in [2.45, 2.75) is 32.9 Å². The van der Waals surface area contributed by atoms with E-state index in [1.54, 1.807) is 17.4 Å². The number of hydrogen-bond donors (Lipinski definition) is 0. The largest absolute Gasteiger partial charge is 0.449 e. The molecule has 0 bridgehead atoms. The molecular formula is C16H18N2O3. The number of hydrogen-bond acceptors (Lipinski definition) is 4. The first-order chi connectivity index (χ1) is 10.3. The highest BCUT2D eigenvalue weighted by molar-refractivity contribution is 5.69. The number of ether oxygens (including phenoxy) is 1. The van der Waals surface area contributed by atoms with E-state index in [1.165, 1.54) is 0 Å². The molecule has 110 valence electrons. The molecule has 3 rings (SSSR count). The lowest BCUT2D eigenvalue weighted by molar-refractivity contribution is 0.100. The SMILES string of the molecule is CCCCOC(=O)N1Cc2ccc(-c3ncco3)cc2C1. The smallest absolute Gasteiger partial charge is 0.410 e. The van der Waals surface area contributed by atoms with Crippen LogP contribution in [0, 0.1) is 0 Å². The Bertz CT molecular complexity index is 622. The second kappa shape index (κ2) is 5.99. The summed E-state index contributed by atoms with van der Waals surface area (Å²) in [5.74, 6) is 0.599. The van der Waals surface area contributed by atoms with Gasteiger partial charge < -0.3 is 9.15 Å². The van der Waals surface area contributed by atoms with Crippen molar-refractivity contribution in [3.63, 3.8) is 0 Å². The Hall–Kier alpha value is -2.30. The number of nitrogens with zero attached hydrogens (tertiary/aromatic N) is 2. The van der Waals surface area contributed by atoms with Crippen molar-refractivity contribution in [1.29, 1.82) is 0 Å². The van der Waals surface area contributed by atoms with Gasteiger partial charge in [-0.2, -0.15) is 0 Å². The normalized spacial score (nSPS) is 13.3. The van der Waals surface area contributed by atoms with Gasteiger partial charge in [0.1, 0.15) is 6.26 Å². The molecule has 2 aromatic rings. The summed E-state index contributed by atoms with van der Waals surface area (Å²) < 4.78 is 10.6. The Kier molecular flexibility index (Phi) is 3.90. The van der Waals surface area contributed by atoms with E-state index in [0.29, 0.717) is 25.6 Å². The Morgan fingerprint density at radius 1 is 1.38 bits per heavy atom. The van der Waals surface area contributed by atoms with E-state index >= 15 is 0 Å². The van der Waals surface area contributed by atoms with Crippen LogP contribution in [0.1, 0.15) is 30.9 Å². The van der Waals surface area contributed by atoms with E-state index in [1.807, 2.05) is 18.2 Å². The summed E-state index contributed by atoms with van der Waals surface area (Å²) >= 11 is 0. The Morgan fingerprint density at radius 3 is 3.00 bits per heavy atom. The topological polar surface area (TPSA) is 55.6 Å². The van der Waals surface area contributed by atoms with Gasteiger partial charge in [-0.1, -0.05) is 19.4 Å². The molecule has 0 spiro atoms. The fraction of sp³-hybridized carbons (Fsp3) is 0.375. The molecule has 0 saturated carbocycles. The molecule has 1 aliphatic heterocycles. The molecular weight excluding hydrogens is 268 g/mol. The number of unbranched alkanes of at least 4 members (excludes halogenated alkanes) is 1. The molecule has 0 radical (unpaired) electrons. The van der Waals surface area contributed by atoms with Crippen LogP contribution in [-0.4, -0.2) is 22.6 Å². The highest BCUT2D eigenvalue weighted by atomic mass is 16.6. The van der Waals surface area contributed by atoms with Gasteiger partial charge in [-0.15, -0.1) is 0 Å². The number of amides is 1. The van der Waals surface area contributed by atoms with E-state index in [2.05, 4.69) is 11.9 Å². The summed E-state index contributed by atoms with van der Waals surface area (Å²) in [6, 6.07) is 6.02. The van der Waals surface area contributed by atoms with E-state index in [0.717, 1.165) is 29.5 Å². The predicted octanol–water partition coefficient (Wildman–Crippen LogP) is 3.59. The fourth-order valence-electron chi connectivity index (χ4n) is 2.42. The Morgan fingerprint density at radius 2 is 2.24 bits per heavy atom. The maximum Gasteiger partial charge on any atom is 0.410 e. The minimum atomic E-state index is -0.239. The first-order valence-corrected chi connectivity index (χ1v) is 7.21. The zero-order chi connectivity index (χ0) is 14.7. The standard InChI is InChI=1S/C16H18N2O3/c1-2-3-7-21-16(19)18-10-13-5-4-12(9-14(13)11-18)15-17-6-8-20-15/h4-6,8-9H,2-3,7,10-11H2,1H3. The van der Waals surface area contributed by atoms with Crippen molar-refractivity contribution in [3.05, 3.63) is 41.8 Å². The van der Waals surface area contributed by atoms with Crippen LogP contribution >= 0.6 is 0 Å². The fourth-order valence-corrected chi connectivity index (χ4v) is 2.42. The third kappa shape index (κ3) is 2.91. The summed E-state index contributed by atoms with van der Waals surface area (Å²) in [5.41, 5.74) is 3.20. The molecule has 21 heavy (non-hydrogen) atoms. The zero-order valence-electron chi connectivity index (χ0n) is 12.0. The summed E-state index contributed by atoms with van der Waals surface area (Å²) in [7, 11) is 0. The summed E-state index contributed by atoms with van der Waals surface area (Å²) in [6.07, 6.45) is 4.87. The van der Waals surface area contributed by atoms with E-state index in [9.17, 15) is 4.79 Å². The van der Waals surface area contributed by atoms with Gasteiger partial charge in [0.15, 0.2) is 0 Å². The lowest BCUT2D eigenvalue weighted by atomic mass is 10.1. The number of carbonyl (C=O) groups is 1. The van der Waals surface area contributed by atoms with Crippen LogP contribution in [0.2, 0.25) is 0 Å².